The van der Waals surface area contributed by atoms with Crippen molar-refractivity contribution in [2.24, 2.45) is 0 Å². The average Bonchev–Trinajstić information content (AvgIpc) is 3.22. The summed E-state index contributed by atoms with van der Waals surface area (Å²) in [6, 6.07) is 20.7. The van der Waals surface area contributed by atoms with Crippen LogP contribution in [-0.4, -0.2) is 48.5 Å². The van der Waals surface area contributed by atoms with Crippen LogP contribution in [0.2, 0.25) is 5.02 Å². The number of nitrogens with one attached hydrogen (secondary N) is 3. The van der Waals surface area contributed by atoms with Crippen LogP contribution < -0.4 is 19.5 Å². The molecule has 0 saturated carbocycles. The lowest BCUT2D eigenvalue weighted by atomic mass is 10.0. The first-order chi connectivity index (χ1) is 19.5. The maximum absolute atomic E-state index is 13.2. The standard InChI is InChI=1S/C28H32ClN3O7S2/c29-24-17-20(13-14-23(24)26-19-27(33)32-41(26,37)38)18-25(31-40(35,36)22-11-5-2-6-12-22)28(34)30-15-7-8-16-39-21-9-3-1-4-10-21/h1-6,9-14,17,25-26,31,37-38H,7-8,15-16,18-19H2,(H,30,34)(H,32,33). The number of halogens is 1. The number of unbranched alkanes of at least 4 members (excludes halogenated alkanes) is 1. The van der Waals surface area contributed by atoms with E-state index in [0.717, 1.165) is 5.75 Å². The number of amides is 2. The number of rotatable bonds is 13. The number of ether oxygens (including phenoxy) is 1. The summed E-state index contributed by atoms with van der Waals surface area (Å²) < 4.78 is 56.9. The maximum atomic E-state index is 13.2. The maximum Gasteiger partial charge on any atom is 0.241 e. The van der Waals surface area contributed by atoms with Crippen LogP contribution in [0.4, 0.5) is 0 Å². The molecule has 4 rings (SSSR count). The topological polar surface area (TPSA) is 154 Å². The van der Waals surface area contributed by atoms with Crippen LogP contribution in [-0.2, 0) is 26.0 Å². The Kier molecular flexibility index (Phi) is 10.3. The molecule has 0 bridgehead atoms. The third-order valence-electron chi connectivity index (χ3n) is 6.43. The molecule has 1 aliphatic heterocycles. The number of hydrogen-bond donors (Lipinski definition) is 5. The molecule has 41 heavy (non-hydrogen) atoms. The molecule has 3 aromatic rings. The minimum atomic E-state index is -4.02. The molecule has 0 aromatic heterocycles. The predicted octanol–water partition coefficient (Wildman–Crippen LogP) is 4.43. The first-order valence-corrected chi connectivity index (χ1v) is 16.4. The summed E-state index contributed by atoms with van der Waals surface area (Å²) in [6.07, 6.45) is 1.16. The molecule has 0 radical (unpaired) electrons. The van der Waals surface area contributed by atoms with Gasteiger partial charge in [-0.05, 0) is 60.7 Å². The molecule has 2 atom stereocenters. The smallest absolute Gasteiger partial charge is 0.241 e. The molecular formula is C28H32ClN3O7S2. The SMILES string of the molecule is O=C1CC(c2ccc(CC(NS(=O)(=O)c3ccccc3)C(=O)NCCCCOc3ccccc3)cc2Cl)S(O)(O)N1. The van der Waals surface area contributed by atoms with Gasteiger partial charge in [0.25, 0.3) is 0 Å². The van der Waals surface area contributed by atoms with E-state index < -0.39 is 43.9 Å². The number of carbonyl (C=O) groups excluding carboxylic acids is 2. The monoisotopic (exact) mass is 621 g/mol. The van der Waals surface area contributed by atoms with Crippen LogP contribution >= 0.6 is 22.4 Å². The van der Waals surface area contributed by atoms with Crippen molar-refractivity contribution >= 4 is 44.2 Å². The molecule has 220 valence electrons. The summed E-state index contributed by atoms with van der Waals surface area (Å²) in [7, 11) is -7.42. The quantitative estimate of drug-likeness (QED) is 0.177. The van der Waals surface area contributed by atoms with Gasteiger partial charge in [0, 0.05) is 11.6 Å². The Morgan fingerprint density at radius 2 is 1.73 bits per heavy atom. The van der Waals surface area contributed by atoms with Crippen molar-refractivity contribution in [1.82, 2.24) is 14.8 Å². The minimum absolute atomic E-state index is 0.0207. The molecule has 3 aromatic carbocycles. The van der Waals surface area contributed by atoms with Crippen molar-refractivity contribution in [1.29, 1.82) is 0 Å². The fourth-order valence-electron chi connectivity index (χ4n) is 4.36. The molecule has 1 heterocycles. The molecule has 2 amide bonds. The summed E-state index contributed by atoms with van der Waals surface area (Å²) in [5.41, 5.74) is 0.914. The largest absolute Gasteiger partial charge is 0.494 e. The van der Waals surface area contributed by atoms with Gasteiger partial charge in [-0.25, -0.2) is 8.42 Å². The van der Waals surface area contributed by atoms with Gasteiger partial charge in [-0.2, -0.15) is 4.72 Å². The van der Waals surface area contributed by atoms with Crippen LogP contribution in [0.5, 0.6) is 5.75 Å². The van der Waals surface area contributed by atoms with E-state index in [1.165, 1.54) is 18.2 Å². The lowest BCUT2D eigenvalue weighted by molar-refractivity contribution is -0.122. The Morgan fingerprint density at radius 3 is 2.37 bits per heavy atom. The molecule has 13 heteroatoms. The van der Waals surface area contributed by atoms with Crippen molar-refractivity contribution in [3.63, 3.8) is 0 Å². The zero-order valence-corrected chi connectivity index (χ0v) is 24.4. The van der Waals surface area contributed by atoms with Gasteiger partial charge >= 0.3 is 0 Å². The lowest BCUT2D eigenvalue weighted by Crippen LogP contribution is -2.48. The molecular weight excluding hydrogens is 590 g/mol. The first-order valence-electron chi connectivity index (χ1n) is 12.9. The van der Waals surface area contributed by atoms with E-state index in [-0.39, 0.29) is 22.8 Å². The number of carbonyl (C=O) groups is 2. The molecule has 1 aliphatic rings. The van der Waals surface area contributed by atoms with Gasteiger partial charge in [0.1, 0.15) is 17.0 Å². The Morgan fingerprint density at radius 1 is 1.05 bits per heavy atom. The Hall–Kier alpha value is -3.13. The second-order valence-corrected chi connectivity index (χ2v) is 13.6. The van der Waals surface area contributed by atoms with Crippen LogP contribution in [0, 0.1) is 0 Å². The van der Waals surface area contributed by atoms with E-state index in [9.17, 15) is 27.1 Å². The number of benzene rings is 3. The van der Waals surface area contributed by atoms with Gasteiger partial charge < -0.3 is 10.1 Å². The molecule has 0 spiro atoms. The highest BCUT2D eigenvalue weighted by molar-refractivity contribution is 8.23. The average molecular weight is 622 g/mol. The van der Waals surface area contributed by atoms with Crippen LogP contribution in [0.3, 0.4) is 0 Å². The third kappa shape index (κ3) is 8.44. The zero-order valence-electron chi connectivity index (χ0n) is 22.0. The normalized spacial score (nSPS) is 17.8. The van der Waals surface area contributed by atoms with Crippen LogP contribution in [0.25, 0.3) is 0 Å². The molecule has 10 nitrogen and oxygen atoms in total. The van der Waals surface area contributed by atoms with E-state index in [1.807, 2.05) is 30.3 Å². The fourth-order valence-corrected chi connectivity index (χ4v) is 7.48. The van der Waals surface area contributed by atoms with Gasteiger partial charge in [-0.1, -0.05) is 60.1 Å². The summed E-state index contributed by atoms with van der Waals surface area (Å²) in [4.78, 5) is 24.9. The number of sulfonamides is 1. The van der Waals surface area contributed by atoms with Gasteiger partial charge in [0.2, 0.25) is 21.8 Å². The highest BCUT2D eigenvalue weighted by Crippen LogP contribution is 2.57. The Labute approximate surface area is 246 Å². The molecule has 1 fully saturated rings. The first kappa shape index (κ1) is 30.8. The molecule has 0 aliphatic carbocycles. The second-order valence-electron chi connectivity index (χ2n) is 9.52. The summed E-state index contributed by atoms with van der Waals surface area (Å²) >= 11 is 6.45. The number of para-hydroxylation sites is 1. The van der Waals surface area contributed by atoms with Gasteiger partial charge in [-0.3, -0.25) is 23.4 Å². The van der Waals surface area contributed by atoms with Crippen molar-refractivity contribution in [3.05, 3.63) is 95.0 Å². The second kappa shape index (κ2) is 13.7. The van der Waals surface area contributed by atoms with Crippen molar-refractivity contribution in [2.75, 3.05) is 13.2 Å². The van der Waals surface area contributed by atoms with Crippen molar-refractivity contribution in [2.45, 2.75) is 41.9 Å². The highest BCUT2D eigenvalue weighted by Gasteiger charge is 2.39. The lowest BCUT2D eigenvalue weighted by Gasteiger charge is -2.33. The molecule has 2 unspecified atom stereocenters. The van der Waals surface area contributed by atoms with E-state index in [0.29, 0.717) is 37.1 Å². The van der Waals surface area contributed by atoms with Crippen molar-refractivity contribution < 1.29 is 31.8 Å². The third-order valence-corrected chi connectivity index (χ3v) is 9.99. The molecule has 1 saturated heterocycles. The summed E-state index contributed by atoms with van der Waals surface area (Å²) in [5.74, 6) is -0.236. The summed E-state index contributed by atoms with van der Waals surface area (Å²) in [6.45, 7) is 0.794. The van der Waals surface area contributed by atoms with Crippen LogP contribution in [0.1, 0.15) is 35.6 Å². The minimum Gasteiger partial charge on any atom is -0.494 e. The van der Waals surface area contributed by atoms with Gasteiger partial charge in [-0.15, -0.1) is 10.8 Å². The fraction of sp³-hybridized carbons (Fsp3) is 0.286. The Bertz CT molecular complexity index is 1460. The van der Waals surface area contributed by atoms with Crippen molar-refractivity contribution in [3.8, 4) is 5.75 Å². The summed E-state index contributed by atoms with van der Waals surface area (Å²) in [5, 5.41) is 2.07. The Balaban J connectivity index is 1.42. The predicted molar refractivity (Wildman–Crippen MR) is 158 cm³/mol. The van der Waals surface area contributed by atoms with E-state index in [2.05, 4.69) is 14.8 Å². The van der Waals surface area contributed by atoms with Crippen LogP contribution in [0.15, 0.2) is 83.8 Å². The van der Waals surface area contributed by atoms with E-state index in [4.69, 9.17) is 16.3 Å². The van der Waals surface area contributed by atoms with E-state index >= 15 is 0 Å². The van der Waals surface area contributed by atoms with E-state index in [1.54, 1.807) is 30.3 Å². The zero-order chi connectivity index (χ0) is 29.5. The molecule has 5 N–H and O–H groups in total. The number of hydrogen-bond acceptors (Lipinski definition) is 7. The highest BCUT2D eigenvalue weighted by atomic mass is 35.5. The van der Waals surface area contributed by atoms with Gasteiger partial charge in [0.05, 0.1) is 17.9 Å². The van der Waals surface area contributed by atoms with Gasteiger partial charge in [0.15, 0.2) is 0 Å².